The van der Waals surface area contributed by atoms with Crippen molar-refractivity contribution in [3.05, 3.63) is 88.4 Å². The Kier molecular flexibility index (Phi) is 5.08. The molecule has 0 bridgehead atoms. The van der Waals surface area contributed by atoms with Crippen molar-refractivity contribution in [2.75, 3.05) is 0 Å². The summed E-state index contributed by atoms with van der Waals surface area (Å²) in [5.74, 6) is -0.0981. The van der Waals surface area contributed by atoms with Gasteiger partial charge in [-0.3, -0.25) is 4.79 Å². The number of carbonyl (C=O) groups is 1. The van der Waals surface area contributed by atoms with Gasteiger partial charge >= 0.3 is 0 Å². The molecule has 0 aliphatic heterocycles. The summed E-state index contributed by atoms with van der Waals surface area (Å²) in [6, 6.07) is 23.0. The lowest BCUT2D eigenvalue weighted by Gasteiger charge is -2.08. The van der Waals surface area contributed by atoms with Gasteiger partial charge in [0.25, 0.3) is 0 Å². The maximum absolute atomic E-state index is 12.4. The zero-order chi connectivity index (χ0) is 19.5. The van der Waals surface area contributed by atoms with Crippen molar-refractivity contribution in [1.29, 1.82) is 0 Å². The van der Waals surface area contributed by atoms with Crippen LogP contribution in [0.3, 0.4) is 0 Å². The molecule has 1 amide bonds. The van der Waals surface area contributed by atoms with E-state index in [0.29, 0.717) is 5.56 Å². The highest BCUT2D eigenvalue weighted by Gasteiger charge is 2.09. The van der Waals surface area contributed by atoms with Gasteiger partial charge in [-0.05, 0) is 39.2 Å². The van der Waals surface area contributed by atoms with Crippen LogP contribution in [0.5, 0.6) is 5.75 Å². The smallest absolute Gasteiger partial charge is 0.244 e. The van der Waals surface area contributed by atoms with Gasteiger partial charge in [0.1, 0.15) is 5.75 Å². The molecule has 0 aromatic heterocycles. The van der Waals surface area contributed by atoms with Gasteiger partial charge in [-0.15, -0.1) is 0 Å². The molecule has 0 spiro atoms. The number of halogens is 1. The molecular weight excluding hydrogens is 416 g/mol. The minimum atomic E-state index is -0.219. The van der Waals surface area contributed by atoms with Crippen LogP contribution in [-0.4, -0.2) is 17.2 Å². The van der Waals surface area contributed by atoms with Crippen LogP contribution in [0.4, 0.5) is 0 Å². The quantitative estimate of drug-likeness (QED) is 0.345. The summed E-state index contributed by atoms with van der Waals surface area (Å²) in [6.45, 7) is 0. The van der Waals surface area contributed by atoms with Gasteiger partial charge < -0.3 is 5.11 Å². The Hall–Kier alpha value is -3.18. The predicted molar refractivity (Wildman–Crippen MR) is 117 cm³/mol. The topological polar surface area (TPSA) is 61.7 Å². The molecule has 0 heterocycles. The van der Waals surface area contributed by atoms with Crippen molar-refractivity contribution in [2.45, 2.75) is 6.42 Å². The number of amides is 1. The Bertz CT molecular complexity index is 1220. The van der Waals surface area contributed by atoms with Crippen molar-refractivity contribution < 1.29 is 9.90 Å². The van der Waals surface area contributed by atoms with E-state index in [1.54, 1.807) is 6.07 Å². The summed E-state index contributed by atoms with van der Waals surface area (Å²) in [5.41, 5.74) is 4.07. The lowest BCUT2D eigenvalue weighted by Crippen LogP contribution is -2.20. The van der Waals surface area contributed by atoms with E-state index < -0.39 is 0 Å². The van der Waals surface area contributed by atoms with Crippen molar-refractivity contribution in [3.8, 4) is 5.75 Å². The first-order valence-corrected chi connectivity index (χ1v) is 9.61. The van der Waals surface area contributed by atoms with Gasteiger partial charge in [0.05, 0.1) is 12.6 Å². The van der Waals surface area contributed by atoms with Crippen LogP contribution in [0.25, 0.3) is 21.5 Å². The van der Waals surface area contributed by atoms with Crippen LogP contribution >= 0.6 is 15.9 Å². The second-order valence-electron chi connectivity index (χ2n) is 6.44. The number of fused-ring (bicyclic) bond motifs is 2. The Morgan fingerprint density at radius 2 is 1.64 bits per heavy atom. The van der Waals surface area contributed by atoms with E-state index in [1.807, 2.05) is 66.7 Å². The number of phenolic OH excluding ortho intramolecular Hbond substituents is 1. The number of hydrogen-bond acceptors (Lipinski definition) is 3. The third-order valence-electron chi connectivity index (χ3n) is 4.64. The van der Waals surface area contributed by atoms with Crippen LogP contribution in [0, 0.1) is 0 Å². The van der Waals surface area contributed by atoms with Crippen LogP contribution in [-0.2, 0) is 11.2 Å². The van der Waals surface area contributed by atoms with Crippen molar-refractivity contribution >= 4 is 49.6 Å². The number of rotatable bonds is 4. The second-order valence-corrected chi connectivity index (χ2v) is 7.30. The lowest BCUT2D eigenvalue weighted by molar-refractivity contribution is -0.120. The molecule has 0 unspecified atom stereocenters. The highest BCUT2D eigenvalue weighted by atomic mass is 79.9. The fourth-order valence-corrected chi connectivity index (χ4v) is 3.76. The summed E-state index contributed by atoms with van der Waals surface area (Å²) in [6.07, 6.45) is 1.70. The first-order chi connectivity index (χ1) is 13.6. The predicted octanol–water partition coefficient (Wildman–Crippen LogP) is 5.15. The molecule has 0 atom stereocenters. The lowest BCUT2D eigenvalue weighted by atomic mass is 10.0. The minimum Gasteiger partial charge on any atom is -0.507 e. The maximum Gasteiger partial charge on any atom is 0.244 e. The van der Waals surface area contributed by atoms with Gasteiger partial charge in [0, 0.05) is 10.0 Å². The molecule has 28 heavy (non-hydrogen) atoms. The Morgan fingerprint density at radius 3 is 2.46 bits per heavy atom. The number of benzene rings is 4. The van der Waals surface area contributed by atoms with Crippen LogP contribution in [0.1, 0.15) is 11.1 Å². The van der Waals surface area contributed by atoms with Gasteiger partial charge in [-0.1, -0.05) is 76.6 Å². The molecule has 0 fully saturated rings. The number of nitrogens with one attached hydrogen (secondary N) is 1. The van der Waals surface area contributed by atoms with Crippen molar-refractivity contribution in [1.82, 2.24) is 5.43 Å². The van der Waals surface area contributed by atoms with Crippen molar-refractivity contribution in [2.24, 2.45) is 5.10 Å². The third kappa shape index (κ3) is 3.62. The molecule has 138 valence electrons. The Morgan fingerprint density at radius 1 is 0.929 bits per heavy atom. The monoisotopic (exact) mass is 432 g/mol. The standard InChI is InChI=1S/C23H17BrN2O2/c24-21-11-9-16(18-7-3-4-8-19(18)21)13-23(28)26-25-14-20-17-6-2-1-5-15(17)10-12-22(20)27/h1-12,14,27H,13H2,(H,26,28)/b25-14-. The van der Waals surface area contributed by atoms with Crippen molar-refractivity contribution in [3.63, 3.8) is 0 Å². The number of phenols is 1. The normalized spacial score (nSPS) is 11.3. The molecule has 0 aliphatic carbocycles. The van der Waals surface area contributed by atoms with E-state index in [1.165, 1.54) is 6.21 Å². The van der Waals surface area contributed by atoms with Gasteiger partial charge in [0.15, 0.2) is 0 Å². The summed E-state index contributed by atoms with van der Waals surface area (Å²) >= 11 is 3.54. The molecule has 4 rings (SSSR count). The highest BCUT2D eigenvalue weighted by Crippen LogP contribution is 2.27. The van der Waals surface area contributed by atoms with Crippen LogP contribution in [0.2, 0.25) is 0 Å². The summed E-state index contributed by atoms with van der Waals surface area (Å²) in [4.78, 5) is 12.4. The van der Waals surface area contributed by atoms with Gasteiger partial charge in [-0.25, -0.2) is 5.43 Å². The highest BCUT2D eigenvalue weighted by molar-refractivity contribution is 9.10. The molecule has 0 saturated heterocycles. The Labute approximate surface area is 170 Å². The zero-order valence-electron chi connectivity index (χ0n) is 14.9. The average molecular weight is 433 g/mol. The fraction of sp³-hybridized carbons (Fsp3) is 0.0435. The molecule has 4 nitrogen and oxygen atoms in total. The number of nitrogens with zero attached hydrogens (tertiary/aromatic N) is 1. The molecular formula is C23H17BrN2O2. The minimum absolute atomic E-state index is 0.121. The summed E-state index contributed by atoms with van der Waals surface area (Å²) in [7, 11) is 0. The van der Waals surface area contributed by atoms with Gasteiger partial charge in [0.2, 0.25) is 5.91 Å². The molecule has 0 aliphatic rings. The van der Waals surface area contributed by atoms with Crippen LogP contribution in [0.15, 0.2) is 82.4 Å². The summed E-state index contributed by atoms with van der Waals surface area (Å²) < 4.78 is 0.997. The van der Waals surface area contributed by atoms with E-state index in [0.717, 1.165) is 31.6 Å². The van der Waals surface area contributed by atoms with E-state index in [4.69, 9.17) is 0 Å². The third-order valence-corrected chi connectivity index (χ3v) is 5.33. The molecule has 5 heteroatoms. The second kappa shape index (κ2) is 7.82. The largest absolute Gasteiger partial charge is 0.507 e. The first kappa shape index (κ1) is 18.2. The zero-order valence-corrected chi connectivity index (χ0v) is 16.5. The molecule has 2 N–H and O–H groups in total. The molecule has 4 aromatic rings. The first-order valence-electron chi connectivity index (χ1n) is 8.82. The van der Waals surface area contributed by atoms with E-state index in [2.05, 4.69) is 26.5 Å². The summed E-state index contributed by atoms with van der Waals surface area (Å²) in [5, 5.41) is 18.2. The maximum atomic E-state index is 12.4. The fourth-order valence-electron chi connectivity index (χ4n) is 3.28. The number of hydrazone groups is 1. The van der Waals surface area contributed by atoms with E-state index in [9.17, 15) is 9.90 Å². The number of carbonyl (C=O) groups excluding carboxylic acids is 1. The molecule has 0 radical (unpaired) electrons. The number of aromatic hydroxyl groups is 1. The average Bonchev–Trinajstić information content (AvgIpc) is 2.72. The Balaban J connectivity index is 1.53. The molecule has 4 aromatic carbocycles. The van der Waals surface area contributed by atoms with Crippen LogP contribution < -0.4 is 5.43 Å². The SMILES string of the molecule is O=C(Cc1ccc(Br)c2ccccc12)N/N=C\c1c(O)ccc2ccccc12. The van der Waals surface area contributed by atoms with Gasteiger partial charge in [-0.2, -0.15) is 5.10 Å². The molecule has 0 saturated carbocycles. The van der Waals surface area contributed by atoms with E-state index in [-0.39, 0.29) is 18.1 Å². The van der Waals surface area contributed by atoms with E-state index >= 15 is 0 Å². The number of hydrogen-bond donors (Lipinski definition) is 2.